The zero-order valence-corrected chi connectivity index (χ0v) is 8.16. The highest BCUT2D eigenvalue weighted by Gasteiger charge is 1.99. The van der Waals surface area contributed by atoms with Crippen LogP contribution >= 0.6 is 22.6 Å². The van der Waals surface area contributed by atoms with Gasteiger partial charge in [0.25, 0.3) is 0 Å². The highest BCUT2D eigenvalue weighted by molar-refractivity contribution is 14.1. The van der Waals surface area contributed by atoms with Gasteiger partial charge in [0.15, 0.2) is 0 Å². The Kier molecular flexibility index (Phi) is 2.59. The molecule has 0 atom stereocenters. The molecule has 0 radical (unpaired) electrons. The predicted molar refractivity (Wildman–Crippen MR) is 48.8 cm³/mol. The number of hydrogen-bond donors (Lipinski definition) is 0. The Labute approximate surface area is 74.2 Å². The zero-order chi connectivity index (χ0) is 7.56. The van der Waals surface area contributed by atoms with Crippen molar-refractivity contribution in [3.8, 4) is 0 Å². The van der Waals surface area contributed by atoms with Gasteiger partial charge >= 0.3 is 0 Å². The second kappa shape index (κ2) is 3.27. The third-order valence-electron chi connectivity index (χ3n) is 1.16. The van der Waals surface area contributed by atoms with Crippen LogP contribution in [0.25, 0.3) is 0 Å². The van der Waals surface area contributed by atoms with Gasteiger partial charge in [0, 0.05) is 21.9 Å². The van der Waals surface area contributed by atoms with Crippen LogP contribution in [0.3, 0.4) is 0 Å². The average molecular weight is 248 g/mol. The summed E-state index contributed by atoms with van der Waals surface area (Å²) in [5.41, 5.74) is 0. The lowest BCUT2D eigenvalue weighted by Gasteiger charge is -2.00. The zero-order valence-electron chi connectivity index (χ0n) is 6.00. The Morgan fingerprint density at radius 1 is 1.30 bits per heavy atom. The van der Waals surface area contributed by atoms with Crippen molar-refractivity contribution < 1.29 is 0 Å². The molecule has 0 saturated heterocycles. The molecular formula is C7H9IN2. The summed E-state index contributed by atoms with van der Waals surface area (Å²) in [6, 6.07) is 0. The minimum Gasteiger partial charge on any atom is -0.240 e. The maximum atomic E-state index is 4.16. The Morgan fingerprint density at radius 3 is 2.20 bits per heavy atom. The summed E-state index contributed by atoms with van der Waals surface area (Å²) < 4.78 is 1.09. The van der Waals surface area contributed by atoms with Gasteiger partial charge in [-0.1, -0.05) is 13.8 Å². The molecule has 2 nitrogen and oxygen atoms in total. The fourth-order valence-electron chi connectivity index (χ4n) is 0.620. The van der Waals surface area contributed by atoms with Crippen LogP contribution in [-0.4, -0.2) is 9.97 Å². The van der Waals surface area contributed by atoms with Gasteiger partial charge in [-0.25, -0.2) is 9.97 Å². The Bertz CT molecular complexity index is 205. The second-order valence-corrected chi connectivity index (χ2v) is 3.66. The number of halogens is 1. The molecule has 1 aromatic rings. The van der Waals surface area contributed by atoms with Crippen LogP contribution in [0.5, 0.6) is 0 Å². The molecule has 0 amide bonds. The van der Waals surface area contributed by atoms with E-state index in [-0.39, 0.29) is 0 Å². The molecule has 1 aromatic heterocycles. The fourth-order valence-corrected chi connectivity index (χ4v) is 0.899. The van der Waals surface area contributed by atoms with Crippen LogP contribution in [0.4, 0.5) is 0 Å². The number of hydrogen-bond acceptors (Lipinski definition) is 2. The summed E-state index contributed by atoms with van der Waals surface area (Å²) >= 11 is 2.19. The first-order valence-corrected chi connectivity index (χ1v) is 4.25. The van der Waals surface area contributed by atoms with Gasteiger partial charge in [-0.3, -0.25) is 0 Å². The first-order valence-electron chi connectivity index (χ1n) is 3.17. The molecule has 0 saturated carbocycles. The monoisotopic (exact) mass is 248 g/mol. The third kappa shape index (κ3) is 1.90. The molecule has 54 valence electrons. The van der Waals surface area contributed by atoms with Gasteiger partial charge in [0.05, 0.1) is 0 Å². The molecule has 1 heterocycles. The maximum Gasteiger partial charge on any atom is 0.130 e. The summed E-state index contributed by atoms with van der Waals surface area (Å²) in [5.74, 6) is 1.34. The van der Waals surface area contributed by atoms with E-state index in [9.17, 15) is 0 Å². The van der Waals surface area contributed by atoms with E-state index < -0.39 is 0 Å². The molecule has 0 fully saturated rings. The van der Waals surface area contributed by atoms with Crippen LogP contribution in [0.2, 0.25) is 0 Å². The van der Waals surface area contributed by atoms with Gasteiger partial charge in [-0.2, -0.15) is 0 Å². The SMILES string of the molecule is CC(C)c1ncc(I)cn1. The number of rotatable bonds is 1. The molecule has 0 spiro atoms. The molecule has 1 rings (SSSR count). The van der Waals surface area contributed by atoms with E-state index in [4.69, 9.17) is 0 Å². The highest BCUT2D eigenvalue weighted by atomic mass is 127. The van der Waals surface area contributed by atoms with E-state index in [0.29, 0.717) is 5.92 Å². The average Bonchev–Trinajstić information content (AvgIpc) is 1.88. The summed E-state index contributed by atoms with van der Waals surface area (Å²) in [6.45, 7) is 4.17. The summed E-state index contributed by atoms with van der Waals surface area (Å²) in [7, 11) is 0. The van der Waals surface area contributed by atoms with E-state index in [1.165, 1.54) is 0 Å². The Hall–Kier alpha value is -0.190. The lowest BCUT2D eigenvalue weighted by molar-refractivity contribution is 0.772. The Balaban J connectivity index is 2.89. The van der Waals surface area contributed by atoms with Crippen molar-refractivity contribution in [3.05, 3.63) is 21.8 Å². The molecule has 0 aliphatic heterocycles. The molecule has 0 unspecified atom stereocenters. The molecule has 0 N–H and O–H groups in total. The van der Waals surface area contributed by atoms with Crippen molar-refractivity contribution in [1.29, 1.82) is 0 Å². The van der Waals surface area contributed by atoms with Crippen LogP contribution in [0, 0.1) is 3.57 Å². The first-order chi connectivity index (χ1) is 4.70. The van der Waals surface area contributed by atoms with Crippen molar-refractivity contribution in [1.82, 2.24) is 9.97 Å². The number of nitrogens with zero attached hydrogens (tertiary/aromatic N) is 2. The summed E-state index contributed by atoms with van der Waals surface area (Å²) in [4.78, 5) is 8.32. The summed E-state index contributed by atoms with van der Waals surface area (Å²) in [6.07, 6.45) is 3.67. The van der Waals surface area contributed by atoms with E-state index >= 15 is 0 Å². The van der Waals surface area contributed by atoms with Crippen molar-refractivity contribution in [2.45, 2.75) is 19.8 Å². The molecule has 0 aliphatic carbocycles. The fraction of sp³-hybridized carbons (Fsp3) is 0.429. The van der Waals surface area contributed by atoms with Crippen LogP contribution < -0.4 is 0 Å². The van der Waals surface area contributed by atoms with Gasteiger partial charge in [0.2, 0.25) is 0 Å². The topological polar surface area (TPSA) is 25.8 Å². The van der Waals surface area contributed by atoms with Crippen molar-refractivity contribution >= 4 is 22.6 Å². The maximum absolute atomic E-state index is 4.16. The summed E-state index contributed by atoms with van der Waals surface area (Å²) in [5, 5.41) is 0. The van der Waals surface area contributed by atoms with Gasteiger partial charge in [-0.15, -0.1) is 0 Å². The van der Waals surface area contributed by atoms with E-state index in [1.54, 1.807) is 0 Å². The van der Waals surface area contributed by atoms with E-state index in [1.807, 2.05) is 12.4 Å². The Morgan fingerprint density at radius 2 is 1.80 bits per heavy atom. The van der Waals surface area contributed by atoms with Crippen LogP contribution in [0.1, 0.15) is 25.6 Å². The minimum atomic E-state index is 0.428. The quantitative estimate of drug-likeness (QED) is 0.712. The van der Waals surface area contributed by atoms with Crippen molar-refractivity contribution in [3.63, 3.8) is 0 Å². The second-order valence-electron chi connectivity index (χ2n) is 2.41. The van der Waals surface area contributed by atoms with Crippen LogP contribution in [-0.2, 0) is 0 Å². The highest BCUT2D eigenvalue weighted by Crippen LogP contribution is 2.08. The third-order valence-corrected chi connectivity index (χ3v) is 1.71. The molecule has 10 heavy (non-hydrogen) atoms. The smallest absolute Gasteiger partial charge is 0.130 e. The van der Waals surface area contributed by atoms with Crippen molar-refractivity contribution in [2.75, 3.05) is 0 Å². The molecule has 0 aromatic carbocycles. The van der Waals surface area contributed by atoms with Gasteiger partial charge in [-0.05, 0) is 22.6 Å². The lowest BCUT2D eigenvalue weighted by Crippen LogP contribution is -1.95. The van der Waals surface area contributed by atoms with E-state index in [0.717, 1.165) is 9.39 Å². The number of aromatic nitrogens is 2. The molecule has 0 aliphatic rings. The molecular weight excluding hydrogens is 239 g/mol. The van der Waals surface area contributed by atoms with Crippen molar-refractivity contribution in [2.24, 2.45) is 0 Å². The predicted octanol–water partition coefficient (Wildman–Crippen LogP) is 2.20. The standard InChI is InChI=1S/C7H9IN2/c1-5(2)7-9-3-6(8)4-10-7/h3-5H,1-2H3. The molecule has 0 bridgehead atoms. The minimum absolute atomic E-state index is 0.428. The van der Waals surface area contributed by atoms with Crippen LogP contribution in [0.15, 0.2) is 12.4 Å². The van der Waals surface area contributed by atoms with E-state index in [2.05, 4.69) is 46.4 Å². The van der Waals surface area contributed by atoms with Gasteiger partial charge < -0.3 is 0 Å². The largest absolute Gasteiger partial charge is 0.240 e. The molecule has 3 heteroatoms. The first kappa shape index (κ1) is 7.91. The normalized spacial score (nSPS) is 10.4. The van der Waals surface area contributed by atoms with Gasteiger partial charge in [0.1, 0.15) is 5.82 Å². The lowest BCUT2D eigenvalue weighted by atomic mass is 10.2.